The number of carbonyl (C=O) groups is 1. The van der Waals surface area contributed by atoms with Crippen molar-refractivity contribution in [1.29, 1.82) is 0 Å². The molecular weight excluding hydrogens is 292 g/mol. The molecule has 0 unspecified atom stereocenters. The van der Waals surface area contributed by atoms with Crippen molar-refractivity contribution < 1.29 is 4.79 Å². The van der Waals surface area contributed by atoms with Crippen LogP contribution in [-0.2, 0) is 4.79 Å². The summed E-state index contributed by atoms with van der Waals surface area (Å²) in [5.74, 6) is 0.170. The monoisotopic (exact) mass is 312 g/mol. The second kappa shape index (κ2) is 6.88. The van der Waals surface area contributed by atoms with Gasteiger partial charge in [-0.05, 0) is 48.0 Å². The van der Waals surface area contributed by atoms with Crippen molar-refractivity contribution >= 4 is 39.7 Å². The van der Waals surface area contributed by atoms with Crippen LogP contribution in [0.25, 0.3) is 10.8 Å². The van der Waals surface area contributed by atoms with Crippen LogP contribution in [0.5, 0.6) is 0 Å². The van der Waals surface area contributed by atoms with E-state index in [-0.39, 0.29) is 11.8 Å². The summed E-state index contributed by atoms with van der Waals surface area (Å²) in [5, 5.41) is 8.64. The van der Waals surface area contributed by atoms with Gasteiger partial charge in [0.15, 0.2) is 5.11 Å². The molecule has 0 atom stereocenters. The molecule has 3 rings (SSSR count). The lowest BCUT2D eigenvalue weighted by Crippen LogP contribution is -2.38. The Labute approximate surface area is 136 Å². The van der Waals surface area contributed by atoms with Gasteiger partial charge < -0.3 is 10.6 Å². The lowest BCUT2D eigenvalue weighted by atomic mass is 9.89. The SMILES string of the molecule is O=C(NC(=S)Nc1ccc2ccccc2c1)C1CCCCC1. The minimum atomic E-state index is 0.0537. The first-order chi connectivity index (χ1) is 10.7. The number of nitrogens with one attached hydrogen (secondary N) is 2. The zero-order chi connectivity index (χ0) is 15.4. The van der Waals surface area contributed by atoms with Crippen LogP contribution in [0.2, 0.25) is 0 Å². The van der Waals surface area contributed by atoms with E-state index in [0.717, 1.165) is 36.8 Å². The Balaban J connectivity index is 1.61. The zero-order valence-corrected chi connectivity index (χ0v) is 13.3. The molecule has 2 aromatic rings. The van der Waals surface area contributed by atoms with E-state index in [0.29, 0.717) is 5.11 Å². The molecule has 0 saturated heterocycles. The van der Waals surface area contributed by atoms with E-state index in [2.05, 4.69) is 22.8 Å². The number of amides is 1. The largest absolute Gasteiger partial charge is 0.332 e. The minimum Gasteiger partial charge on any atom is -0.332 e. The number of fused-ring (bicyclic) bond motifs is 1. The minimum absolute atomic E-state index is 0.0537. The van der Waals surface area contributed by atoms with E-state index in [1.807, 2.05) is 30.3 Å². The van der Waals surface area contributed by atoms with Crippen LogP contribution in [0.1, 0.15) is 32.1 Å². The first-order valence-corrected chi connectivity index (χ1v) is 8.24. The standard InChI is InChI=1S/C18H20N2OS/c21-17(14-7-2-1-3-8-14)20-18(22)19-16-11-10-13-6-4-5-9-15(13)12-16/h4-6,9-12,14H,1-3,7-8H2,(H2,19,20,21,22). The molecule has 1 aliphatic rings. The quantitative estimate of drug-likeness (QED) is 0.815. The third kappa shape index (κ3) is 3.63. The Hall–Kier alpha value is -1.94. The van der Waals surface area contributed by atoms with Gasteiger partial charge in [-0.25, -0.2) is 0 Å². The summed E-state index contributed by atoms with van der Waals surface area (Å²) in [6, 6.07) is 14.2. The van der Waals surface area contributed by atoms with Gasteiger partial charge in [0.2, 0.25) is 5.91 Å². The molecule has 0 radical (unpaired) electrons. The van der Waals surface area contributed by atoms with Crippen LogP contribution in [-0.4, -0.2) is 11.0 Å². The fourth-order valence-corrected chi connectivity index (χ4v) is 3.23. The van der Waals surface area contributed by atoms with Crippen LogP contribution < -0.4 is 10.6 Å². The molecule has 0 aromatic heterocycles. The second-order valence-electron chi connectivity index (χ2n) is 5.84. The summed E-state index contributed by atoms with van der Waals surface area (Å²) in [6.45, 7) is 0. The van der Waals surface area contributed by atoms with Crippen molar-refractivity contribution in [2.75, 3.05) is 5.32 Å². The zero-order valence-electron chi connectivity index (χ0n) is 12.5. The Morgan fingerprint density at radius 3 is 2.50 bits per heavy atom. The summed E-state index contributed by atoms with van der Waals surface area (Å²) in [5.41, 5.74) is 0.896. The van der Waals surface area contributed by atoms with Gasteiger partial charge in [0, 0.05) is 11.6 Å². The fourth-order valence-electron chi connectivity index (χ4n) is 3.01. The van der Waals surface area contributed by atoms with Gasteiger partial charge in [-0.3, -0.25) is 4.79 Å². The topological polar surface area (TPSA) is 41.1 Å². The number of hydrogen-bond donors (Lipinski definition) is 2. The number of benzene rings is 2. The molecule has 3 nitrogen and oxygen atoms in total. The Kier molecular flexibility index (Phi) is 4.68. The lowest BCUT2D eigenvalue weighted by molar-refractivity contribution is -0.124. The van der Waals surface area contributed by atoms with Gasteiger partial charge >= 0.3 is 0 Å². The number of carbonyl (C=O) groups excluding carboxylic acids is 1. The number of hydrogen-bond acceptors (Lipinski definition) is 2. The Morgan fingerprint density at radius 1 is 1.00 bits per heavy atom. The summed E-state index contributed by atoms with van der Waals surface area (Å²) in [7, 11) is 0. The summed E-state index contributed by atoms with van der Waals surface area (Å²) in [6.07, 6.45) is 5.48. The lowest BCUT2D eigenvalue weighted by Gasteiger charge is -2.21. The molecule has 1 amide bonds. The first-order valence-electron chi connectivity index (χ1n) is 7.83. The smallest absolute Gasteiger partial charge is 0.229 e. The Morgan fingerprint density at radius 2 is 1.73 bits per heavy atom. The molecule has 0 aliphatic heterocycles. The van der Waals surface area contributed by atoms with E-state index in [1.54, 1.807) is 0 Å². The molecule has 1 saturated carbocycles. The maximum Gasteiger partial charge on any atom is 0.229 e. The van der Waals surface area contributed by atoms with E-state index >= 15 is 0 Å². The highest BCUT2D eigenvalue weighted by atomic mass is 32.1. The molecule has 2 N–H and O–H groups in total. The molecule has 0 spiro atoms. The molecule has 2 aromatic carbocycles. The predicted octanol–water partition coefficient (Wildman–Crippen LogP) is 4.23. The van der Waals surface area contributed by atoms with E-state index in [1.165, 1.54) is 11.8 Å². The van der Waals surface area contributed by atoms with Gasteiger partial charge in [-0.15, -0.1) is 0 Å². The van der Waals surface area contributed by atoms with Crippen molar-refractivity contribution in [1.82, 2.24) is 5.32 Å². The molecule has 1 aliphatic carbocycles. The van der Waals surface area contributed by atoms with Gasteiger partial charge in [-0.2, -0.15) is 0 Å². The second-order valence-corrected chi connectivity index (χ2v) is 6.25. The number of rotatable bonds is 2. The van der Waals surface area contributed by atoms with E-state index in [4.69, 9.17) is 12.2 Å². The average molecular weight is 312 g/mol. The van der Waals surface area contributed by atoms with Gasteiger partial charge in [0.25, 0.3) is 0 Å². The van der Waals surface area contributed by atoms with Gasteiger partial charge in [-0.1, -0.05) is 49.6 Å². The summed E-state index contributed by atoms with van der Waals surface area (Å²) >= 11 is 5.26. The van der Waals surface area contributed by atoms with Crippen LogP contribution in [0.4, 0.5) is 5.69 Å². The van der Waals surface area contributed by atoms with Crippen molar-refractivity contribution in [3.05, 3.63) is 42.5 Å². The first kappa shape index (κ1) is 15.0. The third-order valence-corrected chi connectivity index (χ3v) is 4.42. The molecule has 1 fully saturated rings. The summed E-state index contributed by atoms with van der Waals surface area (Å²) < 4.78 is 0. The van der Waals surface area contributed by atoms with Crippen molar-refractivity contribution in [2.45, 2.75) is 32.1 Å². The normalized spacial score (nSPS) is 15.5. The maximum atomic E-state index is 12.2. The van der Waals surface area contributed by atoms with Gasteiger partial charge in [0.05, 0.1) is 0 Å². The average Bonchev–Trinajstić information content (AvgIpc) is 2.55. The molecular formula is C18H20N2OS. The molecule has 4 heteroatoms. The predicted molar refractivity (Wildman–Crippen MR) is 94.9 cm³/mol. The third-order valence-electron chi connectivity index (χ3n) is 4.22. The van der Waals surface area contributed by atoms with E-state index in [9.17, 15) is 4.79 Å². The van der Waals surface area contributed by atoms with Crippen LogP contribution in [0, 0.1) is 5.92 Å². The molecule has 0 bridgehead atoms. The highest BCUT2D eigenvalue weighted by Gasteiger charge is 2.21. The van der Waals surface area contributed by atoms with Crippen LogP contribution >= 0.6 is 12.2 Å². The maximum absolute atomic E-state index is 12.2. The van der Waals surface area contributed by atoms with Crippen molar-refractivity contribution in [2.24, 2.45) is 5.92 Å². The number of anilines is 1. The fraction of sp³-hybridized carbons (Fsp3) is 0.333. The molecule has 22 heavy (non-hydrogen) atoms. The highest BCUT2D eigenvalue weighted by Crippen LogP contribution is 2.23. The Bertz CT molecular complexity index is 692. The van der Waals surface area contributed by atoms with Gasteiger partial charge in [0.1, 0.15) is 0 Å². The molecule has 0 heterocycles. The van der Waals surface area contributed by atoms with Crippen LogP contribution in [0.15, 0.2) is 42.5 Å². The molecule has 114 valence electrons. The van der Waals surface area contributed by atoms with Crippen LogP contribution in [0.3, 0.4) is 0 Å². The summed E-state index contributed by atoms with van der Waals surface area (Å²) in [4.78, 5) is 12.2. The number of thiocarbonyl (C=S) groups is 1. The van der Waals surface area contributed by atoms with Crippen molar-refractivity contribution in [3.63, 3.8) is 0 Å². The highest BCUT2D eigenvalue weighted by molar-refractivity contribution is 7.80. The van der Waals surface area contributed by atoms with Crippen molar-refractivity contribution in [3.8, 4) is 0 Å². The van der Waals surface area contributed by atoms with E-state index < -0.39 is 0 Å².